The first-order valence-corrected chi connectivity index (χ1v) is 7.78. The van der Waals surface area contributed by atoms with Crippen LogP contribution in [0, 0.1) is 12.1 Å². The van der Waals surface area contributed by atoms with Crippen LogP contribution in [0.5, 0.6) is 0 Å². The molecule has 5 heteroatoms. The molecule has 0 saturated heterocycles. The number of hydrogen-bond acceptors (Lipinski definition) is 4. The number of rotatable bonds is 4. The lowest BCUT2D eigenvalue weighted by molar-refractivity contribution is 0.948. The van der Waals surface area contributed by atoms with Gasteiger partial charge in [0.1, 0.15) is 5.82 Å². The summed E-state index contributed by atoms with van der Waals surface area (Å²) in [5.41, 5.74) is 4.58. The normalized spacial score (nSPS) is 10.5. The van der Waals surface area contributed by atoms with Gasteiger partial charge in [0.05, 0.1) is 29.3 Å². The van der Waals surface area contributed by atoms with Crippen LogP contribution in [-0.4, -0.2) is 19.6 Å². The van der Waals surface area contributed by atoms with E-state index in [0.29, 0.717) is 0 Å². The Kier molecular flexibility index (Phi) is 3.56. The van der Waals surface area contributed by atoms with Crippen molar-refractivity contribution in [1.29, 1.82) is 0 Å². The van der Waals surface area contributed by atoms with Crippen LogP contribution in [0.4, 0.5) is 11.5 Å². The second-order valence-corrected chi connectivity index (χ2v) is 5.36. The number of hydrogen-bond donors (Lipinski definition) is 1. The van der Waals surface area contributed by atoms with Crippen molar-refractivity contribution in [3.05, 3.63) is 72.7 Å². The summed E-state index contributed by atoms with van der Waals surface area (Å²) in [7, 11) is 0. The lowest BCUT2D eigenvalue weighted by Crippen LogP contribution is -2.03. The van der Waals surface area contributed by atoms with Crippen LogP contribution in [0.15, 0.2) is 55.0 Å². The predicted octanol–water partition coefficient (Wildman–Crippen LogP) is 3.70. The van der Waals surface area contributed by atoms with Gasteiger partial charge in [-0.25, -0.2) is 4.98 Å². The third kappa shape index (κ3) is 2.55. The number of fused-ring (bicyclic) bond motifs is 1. The molecule has 0 bridgehead atoms. The van der Waals surface area contributed by atoms with Gasteiger partial charge in [-0.2, -0.15) is 9.61 Å². The fraction of sp³-hybridized carbons (Fsp3) is 0.105. The fourth-order valence-corrected chi connectivity index (χ4v) is 2.57. The Bertz CT molecular complexity index is 961. The van der Waals surface area contributed by atoms with Gasteiger partial charge in [-0.15, -0.1) is 0 Å². The van der Waals surface area contributed by atoms with Crippen molar-refractivity contribution in [2.75, 3.05) is 5.32 Å². The third-order valence-electron chi connectivity index (χ3n) is 3.78. The predicted molar refractivity (Wildman–Crippen MR) is 93.0 cm³/mol. The summed E-state index contributed by atoms with van der Waals surface area (Å²) < 4.78 is 1.82. The molecule has 0 radical (unpaired) electrons. The number of pyridine rings is 1. The van der Waals surface area contributed by atoms with Crippen LogP contribution in [0.25, 0.3) is 16.9 Å². The Balaban J connectivity index is 1.89. The van der Waals surface area contributed by atoms with Crippen LogP contribution in [0.2, 0.25) is 0 Å². The van der Waals surface area contributed by atoms with Gasteiger partial charge >= 0.3 is 0 Å². The van der Waals surface area contributed by atoms with Crippen molar-refractivity contribution >= 4 is 17.2 Å². The average Bonchev–Trinajstić information content (AvgIpc) is 3.07. The van der Waals surface area contributed by atoms with Gasteiger partial charge in [0.2, 0.25) is 0 Å². The molecule has 3 aromatic heterocycles. The second-order valence-electron chi connectivity index (χ2n) is 5.36. The zero-order chi connectivity index (χ0) is 16.4. The summed E-state index contributed by atoms with van der Waals surface area (Å²) in [4.78, 5) is 8.92. The lowest BCUT2D eigenvalue weighted by Gasteiger charge is -2.10. The van der Waals surface area contributed by atoms with Crippen molar-refractivity contribution in [2.24, 2.45) is 0 Å². The van der Waals surface area contributed by atoms with Crippen LogP contribution >= 0.6 is 0 Å². The minimum atomic E-state index is 0.833. The number of anilines is 2. The van der Waals surface area contributed by atoms with Gasteiger partial charge < -0.3 is 5.32 Å². The highest BCUT2D eigenvalue weighted by Gasteiger charge is 2.12. The molecule has 1 aromatic carbocycles. The van der Waals surface area contributed by atoms with E-state index in [-0.39, 0.29) is 0 Å². The maximum absolute atomic E-state index is 4.77. The molecule has 4 aromatic rings. The van der Waals surface area contributed by atoms with Crippen LogP contribution in [0.3, 0.4) is 0 Å². The molecule has 0 aliphatic rings. The summed E-state index contributed by atoms with van der Waals surface area (Å²) in [6, 6.07) is 17.7. The molecule has 3 heterocycles. The molecule has 0 fully saturated rings. The molecular formula is C19H15N5. The second kappa shape index (κ2) is 6.01. The Morgan fingerprint density at radius 3 is 2.92 bits per heavy atom. The Morgan fingerprint density at radius 1 is 1.21 bits per heavy atom. The highest BCUT2D eigenvalue weighted by molar-refractivity contribution is 5.69. The van der Waals surface area contributed by atoms with Gasteiger partial charge in [0.15, 0.2) is 5.65 Å². The first-order chi connectivity index (χ1) is 11.8. The van der Waals surface area contributed by atoms with Gasteiger partial charge in [-0.3, -0.25) is 4.98 Å². The quantitative estimate of drug-likeness (QED) is 0.624. The molecule has 0 atom stereocenters. The molecule has 24 heavy (non-hydrogen) atoms. The van der Waals surface area contributed by atoms with Crippen molar-refractivity contribution in [3.8, 4) is 11.3 Å². The zero-order valence-corrected chi connectivity index (χ0v) is 13.2. The number of nitrogens with one attached hydrogen (secondary N) is 1. The summed E-state index contributed by atoms with van der Waals surface area (Å²) in [5, 5.41) is 7.84. The van der Waals surface area contributed by atoms with Crippen molar-refractivity contribution in [2.45, 2.75) is 13.3 Å². The van der Waals surface area contributed by atoms with Gasteiger partial charge in [-0.05, 0) is 30.7 Å². The minimum absolute atomic E-state index is 0.833. The average molecular weight is 313 g/mol. The number of nitrogens with zero attached hydrogens (tertiary/aromatic N) is 4. The first kappa shape index (κ1) is 14.2. The van der Waals surface area contributed by atoms with E-state index in [1.54, 1.807) is 12.4 Å². The topological polar surface area (TPSA) is 55.1 Å². The van der Waals surface area contributed by atoms with Gasteiger partial charge in [0, 0.05) is 17.8 Å². The monoisotopic (exact) mass is 313 g/mol. The highest BCUT2D eigenvalue weighted by Crippen LogP contribution is 2.24. The summed E-state index contributed by atoms with van der Waals surface area (Å²) in [6.45, 7) is 2.10. The molecule has 0 saturated carbocycles. The Labute approximate surface area is 140 Å². The van der Waals surface area contributed by atoms with E-state index >= 15 is 0 Å². The number of aromatic nitrogens is 4. The number of aryl methyl sites for hydroxylation is 1. The van der Waals surface area contributed by atoms with E-state index in [9.17, 15) is 0 Å². The third-order valence-corrected chi connectivity index (χ3v) is 3.78. The largest absolute Gasteiger partial charge is 0.339 e. The summed E-state index contributed by atoms with van der Waals surface area (Å²) in [6.07, 6.45) is 6.26. The maximum Gasteiger partial charge on any atom is 0.161 e. The first-order valence-electron chi connectivity index (χ1n) is 7.78. The van der Waals surface area contributed by atoms with Crippen molar-refractivity contribution < 1.29 is 0 Å². The summed E-state index contributed by atoms with van der Waals surface area (Å²) in [5.74, 6) is 0.833. The van der Waals surface area contributed by atoms with E-state index in [2.05, 4.69) is 34.5 Å². The standard InChI is InChI=1S/C19H15N5/c1-2-14-12-21-24-18(22-16-9-6-10-20-13-16)11-17(23-19(14)24)15-7-4-3-5-8-15/h3-4,6-7,9-13,22H,2H2,1H3. The summed E-state index contributed by atoms with van der Waals surface area (Å²) >= 11 is 0. The fourth-order valence-electron chi connectivity index (χ4n) is 2.57. The van der Waals surface area contributed by atoms with E-state index in [0.717, 1.165) is 40.4 Å². The van der Waals surface area contributed by atoms with Gasteiger partial charge in [-0.1, -0.05) is 25.1 Å². The molecule has 1 N–H and O–H groups in total. The SMILES string of the molecule is CCc1cnn2c(Nc3cccnc3)cc(-c3c#cccc3)nc12. The van der Waals surface area contributed by atoms with E-state index in [4.69, 9.17) is 4.98 Å². The minimum Gasteiger partial charge on any atom is -0.339 e. The molecule has 0 amide bonds. The van der Waals surface area contributed by atoms with E-state index in [1.165, 1.54) is 0 Å². The zero-order valence-electron chi connectivity index (χ0n) is 13.2. The molecule has 116 valence electrons. The molecule has 0 spiro atoms. The van der Waals surface area contributed by atoms with Gasteiger partial charge in [0.25, 0.3) is 0 Å². The molecule has 4 rings (SSSR count). The molecule has 0 aliphatic heterocycles. The molecule has 0 aliphatic carbocycles. The van der Waals surface area contributed by atoms with Crippen molar-refractivity contribution in [1.82, 2.24) is 19.6 Å². The highest BCUT2D eigenvalue weighted by atomic mass is 15.3. The maximum atomic E-state index is 4.77. The van der Waals surface area contributed by atoms with E-state index in [1.807, 2.05) is 47.1 Å². The van der Waals surface area contributed by atoms with Crippen LogP contribution < -0.4 is 5.32 Å². The Hall–Kier alpha value is -3.39. The smallest absolute Gasteiger partial charge is 0.161 e. The lowest BCUT2D eigenvalue weighted by atomic mass is 10.2. The van der Waals surface area contributed by atoms with Crippen molar-refractivity contribution in [3.63, 3.8) is 0 Å². The Morgan fingerprint density at radius 2 is 2.17 bits per heavy atom. The molecule has 0 unspecified atom stereocenters. The molecular weight excluding hydrogens is 298 g/mol. The van der Waals surface area contributed by atoms with E-state index < -0.39 is 0 Å². The molecule has 5 nitrogen and oxygen atoms in total. The van der Waals surface area contributed by atoms with Crippen LogP contribution in [0.1, 0.15) is 12.5 Å². The van der Waals surface area contributed by atoms with Crippen LogP contribution in [-0.2, 0) is 6.42 Å².